The maximum absolute atomic E-state index is 13.9. The quantitative estimate of drug-likeness (QED) is 0.240. The molecular weight excluding hydrogens is 596 g/mol. The Balaban J connectivity index is 1.05. The number of benzene rings is 1. The van der Waals surface area contributed by atoms with Gasteiger partial charge in [-0.05, 0) is 135 Å². The molecule has 3 N–H and O–H groups in total. The molecular formula is C43H52O5. The van der Waals surface area contributed by atoms with Gasteiger partial charge in [0.1, 0.15) is 17.5 Å². The van der Waals surface area contributed by atoms with E-state index in [0.29, 0.717) is 53.6 Å². The second-order valence-corrected chi connectivity index (χ2v) is 17.3. The molecule has 12 atom stereocenters. The lowest BCUT2D eigenvalue weighted by Crippen LogP contribution is -2.53. The normalized spacial score (nSPS) is 44.0. The first-order valence-corrected chi connectivity index (χ1v) is 18.7. The van der Waals surface area contributed by atoms with Gasteiger partial charge in [0.05, 0.1) is 12.5 Å². The number of esters is 1. The van der Waals surface area contributed by atoms with E-state index in [1.165, 1.54) is 5.57 Å². The molecule has 0 spiro atoms. The number of rotatable bonds is 3. The maximum Gasteiger partial charge on any atom is 0.310 e. The Kier molecular flexibility index (Phi) is 7.56. The third kappa shape index (κ3) is 4.49. The fourth-order valence-corrected chi connectivity index (χ4v) is 13.2. The summed E-state index contributed by atoms with van der Waals surface area (Å²) in [4.78, 5) is 13.9. The molecule has 254 valence electrons. The van der Waals surface area contributed by atoms with Crippen molar-refractivity contribution in [1.82, 2.24) is 0 Å². The fourth-order valence-electron chi connectivity index (χ4n) is 13.2. The van der Waals surface area contributed by atoms with E-state index in [2.05, 4.69) is 38.3 Å². The van der Waals surface area contributed by atoms with Gasteiger partial charge in [-0.2, -0.15) is 0 Å². The van der Waals surface area contributed by atoms with Gasteiger partial charge in [-0.15, -0.1) is 12.8 Å². The summed E-state index contributed by atoms with van der Waals surface area (Å²) in [6.07, 6.45) is 25.6. The van der Waals surface area contributed by atoms with Crippen LogP contribution < -0.4 is 0 Å². The van der Waals surface area contributed by atoms with Gasteiger partial charge in [0.2, 0.25) is 0 Å². The van der Waals surface area contributed by atoms with Crippen LogP contribution in [0.25, 0.3) is 0 Å². The number of phenols is 1. The summed E-state index contributed by atoms with van der Waals surface area (Å²) in [5, 5.41) is 33.6. The van der Waals surface area contributed by atoms with E-state index in [9.17, 15) is 20.1 Å². The summed E-state index contributed by atoms with van der Waals surface area (Å²) in [6.45, 7) is 8.77. The fraction of sp³-hybridized carbons (Fsp3) is 0.651. The average Bonchev–Trinajstić information content (AvgIpc) is 3.52. The lowest BCUT2D eigenvalue weighted by Gasteiger charge is -2.55. The van der Waals surface area contributed by atoms with E-state index in [0.717, 1.165) is 87.3 Å². The number of allylic oxidation sites excluding steroid dienone is 1. The average molecular weight is 649 g/mol. The summed E-state index contributed by atoms with van der Waals surface area (Å²) in [5.74, 6) is 7.95. The summed E-state index contributed by atoms with van der Waals surface area (Å²) in [5.41, 5.74) is 4.43. The number of terminal acetylenes is 2. The molecule has 5 heteroatoms. The predicted octanol–water partition coefficient (Wildman–Crippen LogP) is 7.15. The molecule has 0 radical (unpaired) electrons. The smallest absolute Gasteiger partial charge is 0.310 e. The number of ether oxygens (including phenoxy) is 1. The van der Waals surface area contributed by atoms with Crippen molar-refractivity contribution in [3.8, 4) is 30.4 Å². The Morgan fingerprint density at radius 1 is 1.00 bits per heavy atom. The van der Waals surface area contributed by atoms with E-state index in [-0.39, 0.29) is 53.0 Å². The van der Waals surface area contributed by atoms with Crippen molar-refractivity contribution in [2.45, 2.75) is 127 Å². The highest BCUT2D eigenvalue weighted by Gasteiger charge is 2.63. The Morgan fingerprint density at radius 3 is 2.56 bits per heavy atom. The van der Waals surface area contributed by atoms with Gasteiger partial charge in [-0.25, -0.2) is 0 Å². The SMILES string of the molecule is C#Cc1c(CC(=O)OC2CC(=C)C=C3CCC4C(CCC5(C)C4CCC5(O)C#C)C32)c(O)cc2c1[C@H]1CC[C@]3(C)[C@@H](O)CC[C@H]3[C@@H]1CC2. The topological polar surface area (TPSA) is 87.0 Å². The molecule has 8 rings (SSSR count). The minimum Gasteiger partial charge on any atom is -0.508 e. The lowest BCUT2D eigenvalue weighted by molar-refractivity contribution is -0.155. The van der Waals surface area contributed by atoms with Crippen LogP contribution in [0.3, 0.4) is 0 Å². The number of phenolic OH excluding ortho intramolecular Hbond substituents is 1. The third-order valence-electron chi connectivity index (χ3n) is 15.6. The van der Waals surface area contributed by atoms with Crippen molar-refractivity contribution in [3.05, 3.63) is 52.1 Å². The molecule has 5 fully saturated rings. The van der Waals surface area contributed by atoms with E-state index >= 15 is 0 Å². The zero-order chi connectivity index (χ0) is 33.7. The summed E-state index contributed by atoms with van der Waals surface area (Å²) in [6, 6.07) is 1.86. The number of aryl methyl sites for hydroxylation is 1. The Bertz CT molecular complexity index is 1670. The zero-order valence-electron chi connectivity index (χ0n) is 28.8. The van der Waals surface area contributed by atoms with Crippen LogP contribution >= 0.6 is 0 Å². The van der Waals surface area contributed by atoms with Crippen molar-refractivity contribution >= 4 is 5.97 Å². The zero-order valence-corrected chi connectivity index (χ0v) is 28.8. The highest BCUT2D eigenvalue weighted by molar-refractivity contribution is 5.76. The van der Waals surface area contributed by atoms with Crippen molar-refractivity contribution in [2.75, 3.05) is 0 Å². The summed E-state index contributed by atoms with van der Waals surface area (Å²) < 4.78 is 6.44. The van der Waals surface area contributed by atoms with Crippen molar-refractivity contribution in [1.29, 1.82) is 0 Å². The molecule has 1 aromatic rings. The van der Waals surface area contributed by atoms with E-state index in [1.54, 1.807) is 0 Å². The van der Waals surface area contributed by atoms with Crippen molar-refractivity contribution < 1.29 is 24.9 Å². The minimum absolute atomic E-state index is 0.0365. The largest absolute Gasteiger partial charge is 0.508 e. The van der Waals surface area contributed by atoms with Gasteiger partial charge in [-0.3, -0.25) is 4.79 Å². The predicted molar refractivity (Wildman–Crippen MR) is 186 cm³/mol. The number of aromatic hydroxyl groups is 1. The van der Waals surface area contributed by atoms with Crippen LogP contribution in [-0.2, 0) is 22.4 Å². The molecule has 7 aliphatic carbocycles. The first kappa shape index (κ1) is 32.2. The molecule has 7 aliphatic rings. The number of aliphatic hydroxyl groups excluding tert-OH is 1. The number of aliphatic hydroxyl groups is 2. The molecule has 5 nitrogen and oxygen atoms in total. The van der Waals surface area contributed by atoms with Gasteiger partial charge in [-0.1, -0.05) is 49.5 Å². The number of hydrogen-bond donors (Lipinski definition) is 3. The van der Waals surface area contributed by atoms with E-state index in [1.807, 2.05) is 6.07 Å². The van der Waals surface area contributed by atoms with Crippen LogP contribution in [0.15, 0.2) is 29.9 Å². The lowest BCUT2D eigenvalue weighted by atomic mass is 9.50. The van der Waals surface area contributed by atoms with Crippen LogP contribution in [-0.4, -0.2) is 39.1 Å². The van der Waals surface area contributed by atoms with Gasteiger partial charge in [0.15, 0.2) is 0 Å². The maximum atomic E-state index is 13.9. The monoisotopic (exact) mass is 648 g/mol. The first-order valence-electron chi connectivity index (χ1n) is 18.7. The molecule has 0 aromatic heterocycles. The Hall–Kier alpha value is -2.99. The molecule has 0 amide bonds. The number of fused-ring (bicyclic) bond motifs is 10. The van der Waals surface area contributed by atoms with Crippen molar-refractivity contribution in [2.24, 2.45) is 46.3 Å². The molecule has 1 aromatic carbocycles. The Morgan fingerprint density at radius 2 is 1.79 bits per heavy atom. The van der Waals surface area contributed by atoms with Crippen LogP contribution in [0.1, 0.15) is 119 Å². The number of hydrogen-bond acceptors (Lipinski definition) is 5. The molecule has 5 saturated carbocycles. The molecule has 0 saturated heterocycles. The molecule has 0 aliphatic heterocycles. The van der Waals surface area contributed by atoms with Gasteiger partial charge in [0, 0.05) is 28.9 Å². The Labute approximate surface area is 286 Å². The highest BCUT2D eigenvalue weighted by atomic mass is 16.5. The second kappa shape index (κ2) is 11.3. The standard InChI is InChI=1S/C43H52O5/c1-6-27-32(35(44)22-26-9-10-28-30(39(26)27)14-17-41(4)33(28)12-13-37(41)45)23-38(46)48-36-21-24(3)20-25-8-11-29-31(40(25)36)15-18-42(5)34(29)16-19-43(42,47)7-2/h1-2,20,22,28-31,33-34,36-37,40,44-45,47H,3,8-19,21,23H2,4-5H3/t28-,29?,30+,31?,33+,34?,36?,37+,40?,41+,42?,43?/m1/s1. The van der Waals surface area contributed by atoms with Crippen LogP contribution in [0, 0.1) is 71.0 Å². The number of carbonyl (C=O) groups is 1. The van der Waals surface area contributed by atoms with E-state index in [4.69, 9.17) is 17.6 Å². The summed E-state index contributed by atoms with van der Waals surface area (Å²) >= 11 is 0. The highest BCUT2D eigenvalue weighted by Crippen LogP contribution is 2.65. The van der Waals surface area contributed by atoms with Gasteiger partial charge >= 0.3 is 5.97 Å². The van der Waals surface area contributed by atoms with Gasteiger partial charge < -0.3 is 20.1 Å². The van der Waals surface area contributed by atoms with Crippen LogP contribution in [0.4, 0.5) is 0 Å². The number of carbonyl (C=O) groups excluding carboxylic acids is 1. The van der Waals surface area contributed by atoms with Crippen LogP contribution in [0.2, 0.25) is 0 Å². The minimum atomic E-state index is -1.05. The van der Waals surface area contributed by atoms with Crippen LogP contribution in [0.5, 0.6) is 5.75 Å². The molecule has 0 heterocycles. The molecule has 48 heavy (non-hydrogen) atoms. The van der Waals surface area contributed by atoms with Crippen molar-refractivity contribution in [3.63, 3.8) is 0 Å². The third-order valence-corrected chi connectivity index (χ3v) is 15.6. The molecule has 0 bridgehead atoms. The summed E-state index contributed by atoms with van der Waals surface area (Å²) in [7, 11) is 0. The van der Waals surface area contributed by atoms with Gasteiger partial charge in [0.25, 0.3) is 0 Å². The second-order valence-electron chi connectivity index (χ2n) is 17.3. The molecule has 7 unspecified atom stereocenters. The first-order chi connectivity index (χ1) is 22.9. The van der Waals surface area contributed by atoms with E-state index < -0.39 is 5.60 Å².